The van der Waals surface area contributed by atoms with Gasteiger partial charge in [0, 0.05) is 30.3 Å². The molecule has 0 spiro atoms. The van der Waals surface area contributed by atoms with E-state index in [1.54, 1.807) is 6.07 Å². The van der Waals surface area contributed by atoms with Gasteiger partial charge in [-0.3, -0.25) is 9.36 Å². The molecule has 5 nitrogen and oxygen atoms in total. The molecule has 4 rings (SSSR count). The predicted molar refractivity (Wildman–Crippen MR) is 121 cm³/mol. The van der Waals surface area contributed by atoms with Crippen molar-refractivity contribution in [2.75, 3.05) is 5.32 Å². The number of carbonyl (C=O) groups is 1. The molecule has 2 N–H and O–H groups in total. The number of nitrogens with zero attached hydrogens (tertiary/aromatic N) is 2. The minimum atomic E-state index is -4.56. The highest BCUT2D eigenvalue weighted by Crippen LogP contribution is 2.32. The van der Waals surface area contributed by atoms with E-state index in [1.807, 2.05) is 54.6 Å². The molecule has 2 aromatic heterocycles. The highest BCUT2D eigenvalue weighted by molar-refractivity contribution is 6.32. The lowest BCUT2D eigenvalue weighted by Gasteiger charge is -2.13. The van der Waals surface area contributed by atoms with Gasteiger partial charge in [-0.25, -0.2) is 4.98 Å². The average molecular weight is 471 g/mol. The van der Waals surface area contributed by atoms with Gasteiger partial charge >= 0.3 is 6.18 Å². The quantitative estimate of drug-likeness (QED) is 0.352. The second-order valence-corrected chi connectivity index (χ2v) is 7.57. The van der Waals surface area contributed by atoms with Gasteiger partial charge < -0.3 is 10.6 Å². The number of halogens is 4. The van der Waals surface area contributed by atoms with E-state index in [9.17, 15) is 18.0 Å². The Morgan fingerprint density at radius 2 is 1.67 bits per heavy atom. The third-order valence-electron chi connectivity index (χ3n) is 4.83. The van der Waals surface area contributed by atoms with Crippen molar-refractivity contribution in [3.8, 4) is 5.82 Å². The molecule has 168 valence electrons. The van der Waals surface area contributed by atoms with E-state index in [4.69, 9.17) is 11.6 Å². The smallest absolute Gasteiger partial charge is 0.356 e. The average Bonchev–Trinajstić information content (AvgIpc) is 3.28. The summed E-state index contributed by atoms with van der Waals surface area (Å²) in [4.78, 5) is 16.5. The van der Waals surface area contributed by atoms with Gasteiger partial charge in [0.15, 0.2) is 5.82 Å². The van der Waals surface area contributed by atoms with Crippen molar-refractivity contribution < 1.29 is 18.0 Å². The molecule has 0 unspecified atom stereocenters. The van der Waals surface area contributed by atoms with E-state index in [2.05, 4.69) is 15.6 Å². The number of benzene rings is 2. The zero-order valence-electron chi connectivity index (χ0n) is 17.1. The number of aromatic nitrogens is 2. The zero-order valence-corrected chi connectivity index (χ0v) is 17.9. The number of hydrogen-bond acceptors (Lipinski definition) is 3. The van der Waals surface area contributed by atoms with Gasteiger partial charge in [-0.15, -0.1) is 0 Å². The summed E-state index contributed by atoms with van der Waals surface area (Å²) >= 11 is 6.03. The first-order valence-corrected chi connectivity index (χ1v) is 10.3. The molecule has 0 fully saturated rings. The normalized spacial score (nSPS) is 11.3. The van der Waals surface area contributed by atoms with Crippen LogP contribution in [0.2, 0.25) is 5.02 Å². The monoisotopic (exact) mass is 470 g/mol. The fraction of sp³-hybridized carbons (Fsp3) is 0.0833. The molecule has 2 aromatic carbocycles. The molecular weight excluding hydrogens is 453 g/mol. The van der Waals surface area contributed by atoms with Gasteiger partial charge in [0.2, 0.25) is 0 Å². The second kappa shape index (κ2) is 9.38. The predicted octanol–water partition coefficient (Wildman–Crippen LogP) is 6.22. The number of carbonyl (C=O) groups excluding carboxylic acids is 1. The number of anilines is 2. The molecule has 0 aliphatic rings. The van der Waals surface area contributed by atoms with Crippen LogP contribution in [0.3, 0.4) is 0 Å². The molecule has 4 aromatic rings. The van der Waals surface area contributed by atoms with E-state index < -0.39 is 17.6 Å². The lowest BCUT2D eigenvalue weighted by atomic mass is 10.2. The number of hydrogen-bond donors (Lipinski definition) is 2. The highest BCUT2D eigenvalue weighted by atomic mass is 35.5. The Morgan fingerprint density at radius 1 is 0.970 bits per heavy atom. The van der Waals surface area contributed by atoms with Gasteiger partial charge in [-0.1, -0.05) is 41.9 Å². The zero-order chi connectivity index (χ0) is 23.4. The molecular formula is C24H18ClF3N4O. The maximum absolute atomic E-state index is 12.9. The Morgan fingerprint density at radius 3 is 2.33 bits per heavy atom. The third-order valence-corrected chi connectivity index (χ3v) is 5.11. The molecule has 1 amide bonds. The Kier molecular flexibility index (Phi) is 6.37. The van der Waals surface area contributed by atoms with Gasteiger partial charge in [-0.05, 0) is 48.0 Å². The second-order valence-electron chi connectivity index (χ2n) is 7.16. The van der Waals surface area contributed by atoms with Crippen LogP contribution in [0.1, 0.15) is 21.6 Å². The minimum absolute atomic E-state index is 0.0381. The number of amides is 1. The molecule has 0 radical (unpaired) electrons. The van der Waals surface area contributed by atoms with Gasteiger partial charge in [0.1, 0.15) is 5.69 Å². The van der Waals surface area contributed by atoms with Crippen molar-refractivity contribution in [1.29, 1.82) is 0 Å². The van der Waals surface area contributed by atoms with Gasteiger partial charge in [-0.2, -0.15) is 13.2 Å². The van der Waals surface area contributed by atoms with Crippen molar-refractivity contribution in [3.05, 3.63) is 107 Å². The Balaban J connectivity index is 1.43. The van der Waals surface area contributed by atoms with Gasteiger partial charge in [0.25, 0.3) is 5.91 Å². The van der Waals surface area contributed by atoms with Crippen LogP contribution < -0.4 is 10.6 Å². The summed E-state index contributed by atoms with van der Waals surface area (Å²) in [5.41, 5.74) is 2.00. The summed E-state index contributed by atoms with van der Waals surface area (Å²) in [5.74, 6) is -0.375. The van der Waals surface area contributed by atoms with Crippen LogP contribution in [0.4, 0.5) is 24.5 Å². The lowest BCUT2D eigenvalue weighted by Crippen LogP contribution is -2.25. The Bertz CT molecular complexity index is 1250. The summed E-state index contributed by atoms with van der Waals surface area (Å²) in [7, 11) is 0. The van der Waals surface area contributed by atoms with Crippen LogP contribution in [-0.2, 0) is 12.7 Å². The number of alkyl halides is 3. The topological polar surface area (TPSA) is 59.0 Å². The van der Waals surface area contributed by atoms with Crippen molar-refractivity contribution in [2.24, 2.45) is 0 Å². The molecule has 0 atom stereocenters. The maximum Gasteiger partial charge on any atom is 0.417 e. The van der Waals surface area contributed by atoms with E-state index in [1.165, 1.54) is 16.8 Å². The van der Waals surface area contributed by atoms with E-state index >= 15 is 0 Å². The minimum Gasteiger partial charge on any atom is -0.356 e. The van der Waals surface area contributed by atoms with Crippen LogP contribution in [0.25, 0.3) is 5.82 Å². The number of nitrogens with one attached hydrogen (secondary N) is 2. The molecule has 9 heteroatoms. The van der Waals surface area contributed by atoms with Crippen LogP contribution in [0.5, 0.6) is 0 Å². The molecule has 0 saturated heterocycles. The summed E-state index contributed by atoms with van der Waals surface area (Å²) in [5, 5.41) is 5.88. The molecule has 0 aliphatic heterocycles. The van der Waals surface area contributed by atoms with Crippen molar-refractivity contribution in [2.45, 2.75) is 12.7 Å². The summed E-state index contributed by atoms with van der Waals surface area (Å²) in [6, 6.07) is 21.2. The lowest BCUT2D eigenvalue weighted by molar-refractivity contribution is -0.137. The van der Waals surface area contributed by atoms with Crippen LogP contribution in [-0.4, -0.2) is 15.5 Å². The summed E-state index contributed by atoms with van der Waals surface area (Å²) in [6.07, 6.45) is -2.35. The first kappa shape index (κ1) is 22.4. The molecule has 0 aliphatic carbocycles. The van der Waals surface area contributed by atoms with Crippen molar-refractivity contribution in [1.82, 2.24) is 14.9 Å². The highest BCUT2D eigenvalue weighted by Gasteiger charge is 2.32. The maximum atomic E-state index is 12.9. The van der Waals surface area contributed by atoms with Crippen LogP contribution >= 0.6 is 11.6 Å². The number of rotatable bonds is 6. The van der Waals surface area contributed by atoms with E-state index in [0.29, 0.717) is 6.20 Å². The van der Waals surface area contributed by atoms with E-state index in [0.717, 1.165) is 23.0 Å². The summed E-state index contributed by atoms with van der Waals surface area (Å²) < 4.78 is 40.0. The Labute approximate surface area is 192 Å². The standard InChI is InChI=1S/C24H18ClF3N4O/c25-20-13-17(24(26,27)28)15-29-22(20)32-12-4-7-21(32)23(33)30-14-16-8-10-19(11-9-16)31-18-5-2-1-3-6-18/h1-13,15,31H,14H2,(H,30,33). The summed E-state index contributed by atoms with van der Waals surface area (Å²) in [6.45, 7) is 0.268. The fourth-order valence-corrected chi connectivity index (χ4v) is 3.44. The number of pyridine rings is 1. The first-order valence-electron chi connectivity index (χ1n) is 9.91. The van der Waals surface area contributed by atoms with Crippen molar-refractivity contribution >= 4 is 28.9 Å². The fourth-order valence-electron chi connectivity index (χ4n) is 3.18. The number of para-hydroxylation sites is 1. The van der Waals surface area contributed by atoms with Crippen LogP contribution in [0, 0.1) is 0 Å². The van der Waals surface area contributed by atoms with Gasteiger partial charge in [0.05, 0.1) is 10.6 Å². The van der Waals surface area contributed by atoms with Crippen LogP contribution in [0.15, 0.2) is 85.2 Å². The molecule has 0 bridgehead atoms. The largest absolute Gasteiger partial charge is 0.417 e. The van der Waals surface area contributed by atoms with Crippen molar-refractivity contribution in [3.63, 3.8) is 0 Å². The molecule has 0 saturated carbocycles. The first-order chi connectivity index (χ1) is 15.8. The Hall–Kier alpha value is -3.78. The molecule has 33 heavy (non-hydrogen) atoms. The molecule has 2 heterocycles. The third kappa shape index (κ3) is 5.35. The SMILES string of the molecule is O=C(NCc1ccc(Nc2ccccc2)cc1)c1cccn1-c1ncc(C(F)(F)F)cc1Cl. The van der Waals surface area contributed by atoms with E-state index in [-0.39, 0.29) is 23.1 Å².